The third-order valence-electron chi connectivity index (χ3n) is 4.07. The zero-order chi connectivity index (χ0) is 13.6. The SMILES string of the molecule is CCC(CCCC(C)C(C)C(F)(F)F)C(C)C. The lowest BCUT2D eigenvalue weighted by atomic mass is 9.85. The van der Waals surface area contributed by atoms with Crippen LogP contribution in [0.3, 0.4) is 0 Å². The molecule has 0 aromatic carbocycles. The Hall–Kier alpha value is -0.210. The van der Waals surface area contributed by atoms with Gasteiger partial charge < -0.3 is 0 Å². The highest BCUT2D eigenvalue weighted by Gasteiger charge is 2.38. The number of rotatable bonds is 7. The van der Waals surface area contributed by atoms with E-state index < -0.39 is 12.1 Å². The molecule has 0 aliphatic rings. The standard InChI is InChI=1S/C14H27F3/c1-6-13(10(2)3)9-7-8-11(4)12(5)14(15,16)17/h10-13H,6-9H2,1-5H3. The summed E-state index contributed by atoms with van der Waals surface area (Å²) in [4.78, 5) is 0. The minimum atomic E-state index is -4.04. The van der Waals surface area contributed by atoms with Crippen molar-refractivity contribution in [2.45, 2.75) is 66.5 Å². The number of halogens is 3. The summed E-state index contributed by atoms with van der Waals surface area (Å²) in [7, 11) is 0. The Morgan fingerprint density at radius 2 is 1.47 bits per heavy atom. The minimum Gasteiger partial charge on any atom is -0.171 e. The predicted molar refractivity (Wildman–Crippen MR) is 66.9 cm³/mol. The summed E-state index contributed by atoms with van der Waals surface area (Å²) in [5.41, 5.74) is 0. The summed E-state index contributed by atoms with van der Waals surface area (Å²) < 4.78 is 37.4. The Balaban J connectivity index is 3.96. The first-order chi connectivity index (χ1) is 7.70. The monoisotopic (exact) mass is 252 g/mol. The molecule has 0 nitrogen and oxygen atoms in total. The summed E-state index contributed by atoms with van der Waals surface area (Å²) in [6.07, 6.45) is -0.256. The first kappa shape index (κ1) is 16.8. The van der Waals surface area contributed by atoms with E-state index in [0.717, 1.165) is 19.3 Å². The molecule has 104 valence electrons. The van der Waals surface area contributed by atoms with E-state index in [1.54, 1.807) is 6.92 Å². The van der Waals surface area contributed by atoms with E-state index in [1.165, 1.54) is 6.92 Å². The van der Waals surface area contributed by atoms with Crippen LogP contribution in [0.15, 0.2) is 0 Å². The molecule has 17 heavy (non-hydrogen) atoms. The van der Waals surface area contributed by atoms with E-state index in [-0.39, 0.29) is 5.92 Å². The Morgan fingerprint density at radius 3 is 1.82 bits per heavy atom. The lowest BCUT2D eigenvalue weighted by Gasteiger charge is -2.24. The minimum absolute atomic E-state index is 0.264. The van der Waals surface area contributed by atoms with Crippen molar-refractivity contribution in [2.75, 3.05) is 0 Å². The van der Waals surface area contributed by atoms with Crippen LogP contribution in [0.5, 0.6) is 0 Å². The van der Waals surface area contributed by atoms with Crippen molar-refractivity contribution in [2.24, 2.45) is 23.7 Å². The molecule has 0 amide bonds. The largest absolute Gasteiger partial charge is 0.391 e. The quantitative estimate of drug-likeness (QED) is 0.547. The number of hydrogen-bond acceptors (Lipinski definition) is 0. The molecule has 0 radical (unpaired) electrons. The molecular formula is C14H27F3. The molecule has 0 aliphatic heterocycles. The van der Waals surface area contributed by atoms with E-state index in [9.17, 15) is 13.2 Å². The topological polar surface area (TPSA) is 0 Å². The van der Waals surface area contributed by atoms with E-state index in [2.05, 4.69) is 20.8 Å². The van der Waals surface area contributed by atoms with E-state index >= 15 is 0 Å². The van der Waals surface area contributed by atoms with Gasteiger partial charge in [-0.15, -0.1) is 0 Å². The summed E-state index contributed by atoms with van der Waals surface area (Å²) in [5, 5.41) is 0. The third kappa shape index (κ3) is 6.32. The van der Waals surface area contributed by atoms with Gasteiger partial charge in [-0.25, -0.2) is 0 Å². The van der Waals surface area contributed by atoms with Crippen LogP contribution in [0.25, 0.3) is 0 Å². The number of alkyl halides is 3. The van der Waals surface area contributed by atoms with Crippen LogP contribution in [-0.2, 0) is 0 Å². The van der Waals surface area contributed by atoms with Crippen LogP contribution in [-0.4, -0.2) is 6.18 Å². The molecule has 0 aromatic rings. The fourth-order valence-electron chi connectivity index (χ4n) is 2.28. The van der Waals surface area contributed by atoms with Gasteiger partial charge in [-0.05, 0) is 17.8 Å². The zero-order valence-electron chi connectivity index (χ0n) is 11.8. The van der Waals surface area contributed by atoms with Gasteiger partial charge in [0.25, 0.3) is 0 Å². The Labute approximate surface area is 104 Å². The van der Waals surface area contributed by atoms with Gasteiger partial charge in [-0.1, -0.05) is 60.3 Å². The molecular weight excluding hydrogens is 225 g/mol. The predicted octanol–water partition coefficient (Wildman–Crippen LogP) is 5.67. The fourth-order valence-corrected chi connectivity index (χ4v) is 2.28. The molecule has 0 aliphatic carbocycles. The Morgan fingerprint density at radius 1 is 0.941 bits per heavy atom. The lowest BCUT2D eigenvalue weighted by molar-refractivity contribution is -0.182. The van der Waals surface area contributed by atoms with Gasteiger partial charge in [0.1, 0.15) is 0 Å². The molecule has 0 saturated heterocycles. The van der Waals surface area contributed by atoms with Crippen molar-refractivity contribution >= 4 is 0 Å². The van der Waals surface area contributed by atoms with Crippen LogP contribution in [0.4, 0.5) is 13.2 Å². The average Bonchev–Trinajstić information content (AvgIpc) is 2.21. The van der Waals surface area contributed by atoms with Gasteiger partial charge in [0, 0.05) is 0 Å². The van der Waals surface area contributed by atoms with Crippen LogP contribution >= 0.6 is 0 Å². The molecule has 3 heteroatoms. The second-order valence-corrected chi connectivity index (χ2v) is 5.65. The summed E-state index contributed by atoms with van der Waals surface area (Å²) in [5.74, 6) is -0.153. The molecule has 0 bridgehead atoms. The Bertz CT molecular complexity index is 196. The zero-order valence-corrected chi connectivity index (χ0v) is 11.8. The fraction of sp³-hybridized carbons (Fsp3) is 1.00. The van der Waals surface area contributed by atoms with Crippen molar-refractivity contribution in [3.63, 3.8) is 0 Å². The summed E-state index contributed by atoms with van der Waals surface area (Å²) in [6, 6.07) is 0. The average molecular weight is 252 g/mol. The molecule has 0 saturated carbocycles. The lowest BCUT2D eigenvalue weighted by Crippen LogP contribution is -2.26. The van der Waals surface area contributed by atoms with E-state index in [4.69, 9.17) is 0 Å². The maximum atomic E-state index is 12.5. The normalized spacial score (nSPS) is 18.2. The molecule has 3 atom stereocenters. The molecule has 0 rings (SSSR count). The van der Waals surface area contributed by atoms with E-state index in [0.29, 0.717) is 18.3 Å². The highest BCUT2D eigenvalue weighted by Crippen LogP contribution is 2.34. The smallest absolute Gasteiger partial charge is 0.171 e. The maximum Gasteiger partial charge on any atom is 0.391 e. The van der Waals surface area contributed by atoms with Gasteiger partial charge in [0.15, 0.2) is 0 Å². The van der Waals surface area contributed by atoms with Crippen molar-refractivity contribution in [3.8, 4) is 0 Å². The van der Waals surface area contributed by atoms with Gasteiger partial charge in [0.2, 0.25) is 0 Å². The van der Waals surface area contributed by atoms with E-state index in [1.807, 2.05) is 0 Å². The summed E-state index contributed by atoms with van der Waals surface area (Å²) >= 11 is 0. The van der Waals surface area contributed by atoms with Crippen molar-refractivity contribution in [3.05, 3.63) is 0 Å². The van der Waals surface area contributed by atoms with Crippen molar-refractivity contribution in [1.29, 1.82) is 0 Å². The highest BCUT2D eigenvalue weighted by atomic mass is 19.4. The number of hydrogen-bond donors (Lipinski definition) is 0. The van der Waals surface area contributed by atoms with Gasteiger partial charge in [-0.2, -0.15) is 13.2 Å². The van der Waals surface area contributed by atoms with Crippen LogP contribution < -0.4 is 0 Å². The first-order valence-electron chi connectivity index (χ1n) is 6.76. The van der Waals surface area contributed by atoms with Crippen molar-refractivity contribution < 1.29 is 13.2 Å². The Kier molecular flexibility index (Phi) is 7.18. The molecule has 0 fully saturated rings. The van der Waals surface area contributed by atoms with Crippen LogP contribution in [0.2, 0.25) is 0 Å². The highest BCUT2D eigenvalue weighted by molar-refractivity contribution is 4.70. The second kappa shape index (κ2) is 7.27. The molecule has 0 heterocycles. The first-order valence-corrected chi connectivity index (χ1v) is 6.76. The van der Waals surface area contributed by atoms with Crippen molar-refractivity contribution in [1.82, 2.24) is 0 Å². The van der Waals surface area contributed by atoms with Gasteiger partial charge in [0.05, 0.1) is 5.92 Å². The summed E-state index contributed by atoms with van der Waals surface area (Å²) in [6.45, 7) is 9.55. The molecule has 0 aromatic heterocycles. The van der Waals surface area contributed by atoms with Crippen LogP contribution in [0, 0.1) is 23.7 Å². The second-order valence-electron chi connectivity index (χ2n) is 5.65. The molecule has 0 N–H and O–H groups in total. The third-order valence-corrected chi connectivity index (χ3v) is 4.07. The van der Waals surface area contributed by atoms with Gasteiger partial charge >= 0.3 is 6.18 Å². The molecule has 0 spiro atoms. The van der Waals surface area contributed by atoms with Gasteiger partial charge in [-0.3, -0.25) is 0 Å². The molecule has 3 unspecified atom stereocenters. The van der Waals surface area contributed by atoms with Crippen LogP contribution in [0.1, 0.15) is 60.3 Å². The maximum absolute atomic E-state index is 12.5.